The summed E-state index contributed by atoms with van der Waals surface area (Å²) in [5.74, 6) is 0. The average molecular weight is 1010 g/mol. The van der Waals surface area contributed by atoms with Gasteiger partial charge in [-0.1, -0.05) is 145 Å². The fourth-order valence-corrected chi connectivity index (χ4v) is 8.24. The fourth-order valence-electron chi connectivity index (χ4n) is 8.24. The number of hydrogen-bond acceptors (Lipinski definition) is 1. The van der Waals surface area contributed by atoms with E-state index >= 15 is 0 Å². The minimum atomic E-state index is 0. The second-order valence-corrected chi connectivity index (χ2v) is 14.9. The third-order valence-corrected chi connectivity index (χ3v) is 11.2. The molecule has 65 heavy (non-hydrogen) atoms. The molecule has 0 saturated heterocycles. The van der Waals surface area contributed by atoms with Crippen LogP contribution in [0.4, 0.5) is 0 Å². The maximum Gasteiger partial charge on any atom is 3.00 e. The van der Waals surface area contributed by atoms with Crippen LogP contribution in [0.1, 0.15) is 0 Å². The van der Waals surface area contributed by atoms with Gasteiger partial charge in [0.2, 0.25) is 0 Å². The van der Waals surface area contributed by atoms with Crippen molar-refractivity contribution < 1.29 is 29.4 Å². The molecule has 0 saturated carbocycles. The number of hydrogen-bond donors (Lipinski definition) is 0. The van der Waals surface area contributed by atoms with Crippen LogP contribution in [0, 0.1) is 31.5 Å². The van der Waals surface area contributed by atoms with Crippen molar-refractivity contribution in [2.24, 2.45) is 0 Å². The molecule has 0 aliphatic rings. The molecule has 9 aromatic carbocycles. The normalized spacial score (nSPS) is 10.2. The van der Waals surface area contributed by atoms with E-state index in [0.717, 1.165) is 89.1 Å². The minimum absolute atomic E-state index is 0. The van der Waals surface area contributed by atoms with Crippen LogP contribution in [0.5, 0.6) is 0 Å². The standard InChI is InChI=1S/C59H38N.2CO.Ir/c1-5-19-42(20-6-1)43-33-35-46(36-34-43)57-40-59(47-25-11-4-12-26-47)60-41-58(57)56-32-18-17-31-55(56)50-38-48(53-29-15-13-27-51(53)44-21-7-2-8-22-44)37-49(39-50)54-30-16-14-28-52(54)45-23-9-3-10-24-45;2*1-2;/h1-7,9,11-25,27-41H;;;/q-3;;;+3. The molecule has 0 bridgehead atoms. The van der Waals surface area contributed by atoms with Gasteiger partial charge < -0.3 is 4.98 Å². The summed E-state index contributed by atoms with van der Waals surface area (Å²) in [6.45, 7) is 9.00. The quantitative estimate of drug-likeness (QED) is 0.105. The molecule has 0 aliphatic heterocycles. The Morgan fingerprint density at radius 3 is 1.22 bits per heavy atom. The molecule has 1 aromatic heterocycles. The molecule has 308 valence electrons. The maximum atomic E-state index is 7.50. The SMILES string of the molecule is [C-]#[O+].[C-]#[O+].[Ir+3].[c-]1cccc(-c2ccccc2-c2cc(-c3ccccc3-c3c[c-]ccc3)cc(-c3ccccc3-c3cnc(-c4[c-]cccc4)cc3-c3ccc(-c4ccccc4)cc3)c2)c1. The van der Waals surface area contributed by atoms with E-state index in [0.29, 0.717) is 0 Å². The largest absolute Gasteiger partial charge is 3.00 e. The molecule has 0 spiro atoms. The number of rotatable bonds is 9. The van der Waals surface area contributed by atoms with Gasteiger partial charge in [0, 0.05) is 11.8 Å². The van der Waals surface area contributed by atoms with Crippen molar-refractivity contribution in [1.29, 1.82) is 0 Å². The second kappa shape index (κ2) is 22.1. The topological polar surface area (TPSA) is 52.7 Å². The van der Waals surface area contributed by atoms with Crippen LogP contribution in [0.3, 0.4) is 0 Å². The molecule has 10 aromatic rings. The predicted molar refractivity (Wildman–Crippen MR) is 258 cm³/mol. The number of pyridine rings is 1. The van der Waals surface area contributed by atoms with Gasteiger partial charge in [-0.05, 0) is 85.1 Å². The van der Waals surface area contributed by atoms with E-state index < -0.39 is 0 Å². The van der Waals surface area contributed by atoms with Crippen LogP contribution < -0.4 is 0 Å². The Labute approximate surface area is 394 Å². The molecule has 0 fully saturated rings. The number of benzene rings is 9. The Kier molecular flexibility index (Phi) is 15.4. The summed E-state index contributed by atoms with van der Waals surface area (Å²) in [6, 6.07) is 89.3. The Hall–Kier alpha value is -7.74. The summed E-state index contributed by atoms with van der Waals surface area (Å²) in [4.78, 5) is 5.09. The van der Waals surface area contributed by atoms with E-state index in [1.54, 1.807) is 0 Å². The molecule has 10 rings (SSSR count). The van der Waals surface area contributed by atoms with Gasteiger partial charge in [0.05, 0.1) is 0 Å². The first-order valence-corrected chi connectivity index (χ1v) is 20.7. The predicted octanol–water partition coefficient (Wildman–Crippen LogP) is 15.4. The van der Waals surface area contributed by atoms with Crippen LogP contribution in [-0.4, -0.2) is 4.98 Å². The Balaban J connectivity index is 0.00000123. The smallest absolute Gasteiger partial charge is 0.304 e. The van der Waals surface area contributed by atoms with Crippen molar-refractivity contribution >= 4 is 0 Å². The summed E-state index contributed by atoms with van der Waals surface area (Å²) in [5.41, 5.74) is 20.0. The second-order valence-electron chi connectivity index (χ2n) is 14.9. The summed E-state index contributed by atoms with van der Waals surface area (Å²) in [6.07, 6.45) is 2.04. The van der Waals surface area contributed by atoms with Crippen LogP contribution in [0.15, 0.2) is 231 Å². The zero-order chi connectivity index (χ0) is 44.1. The van der Waals surface area contributed by atoms with E-state index in [1.165, 1.54) is 11.1 Å². The third kappa shape index (κ3) is 10.1. The zero-order valence-electron chi connectivity index (χ0n) is 35.0. The molecule has 3 nitrogen and oxygen atoms in total. The van der Waals surface area contributed by atoms with Gasteiger partial charge in [0.1, 0.15) is 0 Å². The van der Waals surface area contributed by atoms with Crippen LogP contribution >= 0.6 is 0 Å². The first-order valence-electron chi connectivity index (χ1n) is 20.7. The molecular formula is C61H38IrNO2. The van der Waals surface area contributed by atoms with Gasteiger partial charge in [0.25, 0.3) is 0 Å². The van der Waals surface area contributed by atoms with Crippen molar-refractivity contribution in [2.75, 3.05) is 0 Å². The minimum Gasteiger partial charge on any atom is -0.304 e. The van der Waals surface area contributed by atoms with Crippen LogP contribution in [-0.2, 0) is 29.4 Å². The van der Waals surface area contributed by atoms with Gasteiger partial charge in [-0.25, -0.2) is 0 Å². The Morgan fingerprint density at radius 1 is 0.323 bits per heavy atom. The summed E-state index contributed by atoms with van der Waals surface area (Å²) in [5, 5.41) is 0. The van der Waals surface area contributed by atoms with Gasteiger partial charge in [-0.3, -0.25) is 0 Å². The number of aromatic nitrogens is 1. The molecule has 4 heteroatoms. The first-order chi connectivity index (χ1) is 31.8. The maximum absolute atomic E-state index is 7.50. The van der Waals surface area contributed by atoms with E-state index in [2.05, 4.69) is 226 Å². The van der Waals surface area contributed by atoms with Crippen molar-refractivity contribution in [3.05, 3.63) is 262 Å². The zero-order valence-corrected chi connectivity index (χ0v) is 37.4. The van der Waals surface area contributed by atoms with Crippen LogP contribution in [0.2, 0.25) is 0 Å². The van der Waals surface area contributed by atoms with Crippen molar-refractivity contribution in [3.63, 3.8) is 0 Å². The monoisotopic (exact) mass is 1010 g/mol. The third-order valence-electron chi connectivity index (χ3n) is 11.2. The molecule has 0 N–H and O–H groups in total. The summed E-state index contributed by atoms with van der Waals surface area (Å²) < 4.78 is 15.0. The number of nitrogens with zero attached hydrogens (tertiary/aromatic N) is 1. The van der Waals surface area contributed by atoms with Crippen LogP contribution in [0.25, 0.3) is 100 Å². The van der Waals surface area contributed by atoms with E-state index in [4.69, 9.17) is 14.3 Å². The van der Waals surface area contributed by atoms with Gasteiger partial charge in [0.15, 0.2) is 0 Å². The fraction of sp³-hybridized carbons (Fsp3) is 0. The first kappa shape index (κ1) is 45.3. The molecule has 0 unspecified atom stereocenters. The molecule has 0 amide bonds. The van der Waals surface area contributed by atoms with Gasteiger partial charge in [-0.15, -0.1) is 47.0 Å². The van der Waals surface area contributed by atoms with Crippen molar-refractivity contribution in [1.82, 2.24) is 4.98 Å². The molecule has 0 atom stereocenters. The molecule has 1 heterocycles. The summed E-state index contributed by atoms with van der Waals surface area (Å²) >= 11 is 0. The van der Waals surface area contributed by atoms with Crippen molar-refractivity contribution in [3.8, 4) is 100 Å². The van der Waals surface area contributed by atoms with Gasteiger partial charge >= 0.3 is 42.7 Å². The average Bonchev–Trinajstić information content (AvgIpc) is 3.40. The summed E-state index contributed by atoms with van der Waals surface area (Å²) in [7, 11) is 0. The van der Waals surface area contributed by atoms with E-state index in [9.17, 15) is 0 Å². The molecular weight excluding hydrogens is 971 g/mol. The van der Waals surface area contributed by atoms with Gasteiger partial charge in [-0.2, -0.15) is 60.7 Å². The van der Waals surface area contributed by atoms with E-state index in [-0.39, 0.29) is 20.1 Å². The Bertz CT molecular complexity index is 3060. The molecule has 0 aliphatic carbocycles. The molecule has 0 radical (unpaired) electrons. The van der Waals surface area contributed by atoms with E-state index in [1.807, 2.05) is 36.5 Å². The van der Waals surface area contributed by atoms with Crippen molar-refractivity contribution in [2.45, 2.75) is 0 Å². The Morgan fingerprint density at radius 2 is 0.738 bits per heavy atom.